The largest absolute Gasteiger partial charge is 0.497 e. The molecule has 9 heteroatoms. The number of amides is 1. The number of allylic oxidation sites excluding steroid dienone is 1. The number of anilines is 2. The monoisotopic (exact) mass is 392 g/mol. The fraction of sp³-hybridized carbons (Fsp3) is 0.200. The molecule has 1 aliphatic rings. The van der Waals surface area contributed by atoms with Gasteiger partial charge >= 0.3 is 0 Å². The molecule has 0 spiro atoms. The second kappa shape index (κ2) is 7.63. The Balaban J connectivity index is 1.73. The van der Waals surface area contributed by atoms with Gasteiger partial charge in [0.1, 0.15) is 23.9 Å². The number of nitrogens with one attached hydrogen (secondary N) is 2. The van der Waals surface area contributed by atoms with Crippen LogP contribution >= 0.6 is 0 Å². The van der Waals surface area contributed by atoms with E-state index in [1.165, 1.54) is 13.4 Å². The Morgan fingerprint density at radius 3 is 2.83 bits per heavy atom. The van der Waals surface area contributed by atoms with Gasteiger partial charge in [0.2, 0.25) is 5.95 Å². The van der Waals surface area contributed by atoms with Gasteiger partial charge in [-0.15, -0.1) is 0 Å². The highest BCUT2D eigenvalue weighted by Gasteiger charge is 2.33. The highest BCUT2D eigenvalue weighted by Crippen LogP contribution is 2.36. The average molecular weight is 392 g/mol. The number of aromatic nitrogens is 4. The normalized spacial score (nSPS) is 15.3. The Labute approximate surface area is 167 Å². The SMILES string of the molecule is COc1ccc(NC(=O)C2=C(C)Nc3ncnn3[C@H]2c2cccnc2)c(OC)c1. The van der Waals surface area contributed by atoms with Crippen molar-refractivity contribution in [1.82, 2.24) is 19.7 Å². The van der Waals surface area contributed by atoms with Crippen molar-refractivity contribution in [2.45, 2.75) is 13.0 Å². The van der Waals surface area contributed by atoms with E-state index in [4.69, 9.17) is 9.47 Å². The molecule has 1 aromatic carbocycles. The number of carbonyl (C=O) groups is 1. The Hall–Kier alpha value is -3.88. The van der Waals surface area contributed by atoms with Crippen molar-refractivity contribution >= 4 is 17.5 Å². The lowest BCUT2D eigenvalue weighted by atomic mass is 9.96. The molecule has 0 saturated heterocycles. The van der Waals surface area contributed by atoms with Gasteiger partial charge < -0.3 is 20.1 Å². The Kier molecular flexibility index (Phi) is 4.86. The zero-order valence-electron chi connectivity index (χ0n) is 16.2. The van der Waals surface area contributed by atoms with Crippen molar-refractivity contribution in [2.24, 2.45) is 0 Å². The Morgan fingerprint density at radius 2 is 2.10 bits per heavy atom. The third kappa shape index (κ3) is 3.38. The molecule has 0 bridgehead atoms. The molecule has 1 atom stereocenters. The van der Waals surface area contributed by atoms with Gasteiger partial charge in [0, 0.05) is 24.2 Å². The van der Waals surface area contributed by atoms with Crippen LogP contribution in [0.1, 0.15) is 18.5 Å². The van der Waals surface area contributed by atoms with Gasteiger partial charge in [-0.2, -0.15) is 10.1 Å². The van der Waals surface area contributed by atoms with Gasteiger partial charge in [-0.1, -0.05) is 6.07 Å². The zero-order chi connectivity index (χ0) is 20.4. The lowest BCUT2D eigenvalue weighted by Crippen LogP contribution is -2.31. The van der Waals surface area contributed by atoms with E-state index in [0.717, 1.165) is 5.56 Å². The molecule has 4 rings (SSSR count). The molecule has 3 heterocycles. The smallest absolute Gasteiger partial charge is 0.255 e. The molecule has 9 nitrogen and oxygen atoms in total. The number of benzene rings is 1. The van der Waals surface area contributed by atoms with Crippen molar-refractivity contribution in [1.29, 1.82) is 0 Å². The third-order valence-electron chi connectivity index (χ3n) is 4.70. The van der Waals surface area contributed by atoms with Gasteiger partial charge in [-0.05, 0) is 30.7 Å². The molecule has 29 heavy (non-hydrogen) atoms. The van der Waals surface area contributed by atoms with E-state index in [1.54, 1.807) is 42.4 Å². The van der Waals surface area contributed by atoms with Crippen LogP contribution < -0.4 is 20.1 Å². The number of rotatable bonds is 5. The van der Waals surface area contributed by atoms with Crippen molar-refractivity contribution < 1.29 is 14.3 Å². The number of pyridine rings is 1. The maximum atomic E-state index is 13.3. The van der Waals surface area contributed by atoms with E-state index in [9.17, 15) is 4.79 Å². The molecule has 0 fully saturated rings. The molecule has 0 radical (unpaired) electrons. The van der Waals surface area contributed by atoms with Crippen molar-refractivity contribution in [3.05, 3.63) is 65.9 Å². The van der Waals surface area contributed by atoms with Crippen LogP contribution in [0.2, 0.25) is 0 Å². The van der Waals surface area contributed by atoms with Crippen molar-refractivity contribution in [3.8, 4) is 11.5 Å². The maximum absolute atomic E-state index is 13.3. The molecule has 0 aliphatic carbocycles. The fourth-order valence-corrected chi connectivity index (χ4v) is 3.32. The van der Waals surface area contributed by atoms with E-state index >= 15 is 0 Å². The van der Waals surface area contributed by atoms with Crippen molar-refractivity contribution in [3.63, 3.8) is 0 Å². The highest BCUT2D eigenvalue weighted by molar-refractivity contribution is 6.06. The minimum absolute atomic E-state index is 0.284. The van der Waals surface area contributed by atoms with Gasteiger partial charge in [0.05, 0.1) is 25.5 Å². The lowest BCUT2D eigenvalue weighted by Gasteiger charge is -2.28. The minimum atomic E-state index is -0.466. The van der Waals surface area contributed by atoms with Crippen LogP contribution in [0.15, 0.2) is 60.3 Å². The first-order chi connectivity index (χ1) is 14.1. The van der Waals surface area contributed by atoms with Gasteiger partial charge in [0.25, 0.3) is 5.91 Å². The van der Waals surface area contributed by atoms with E-state index in [-0.39, 0.29) is 5.91 Å². The quantitative estimate of drug-likeness (QED) is 0.688. The number of methoxy groups -OCH3 is 2. The second-order valence-corrected chi connectivity index (χ2v) is 6.40. The lowest BCUT2D eigenvalue weighted by molar-refractivity contribution is -0.113. The van der Waals surface area contributed by atoms with E-state index in [1.807, 2.05) is 19.1 Å². The number of hydrogen-bond acceptors (Lipinski definition) is 7. The summed E-state index contributed by atoms with van der Waals surface area (Å²) in [5.41, 5.74) is 2.55. The summed E-state index contributed by atoms with van der Waals surface area (Å²) in [6.45, 7) is 1.84. The number of carbonyl (C=O) groups excluding carboxylic acids is 1. The van der Waals surface area contributed by atoms with Crippen LogP contribution in [0.4, 0.5) is 11.6 Å². The number of fused-ring (bicyclic) bond motifs is 1. The van der Waals surface area contributed by atoms with E-state index in [2.05, 4.69) is 25.7 Å². The predicted octanol–water partition coefficient (Wildman–Crippen LogP) is 2.62. The van der Waals surface area contributed by atoms with Gasteiger partial charge in [-0.3, -0.25) is 9.78 Å². The highest BCUT2D eigenvalue weighted by atomic mass is 16.5. The molecule has 1 amide bonds. The summed E-state index contributed by atoms with van der Waals surface area (Å²) >= 11 is 0. The van der Waals surface area contributed by atoms with Crippen LogP contribution in [0.25, 0.3) is 0 Å². The minimum Gasteiger partial charge on any atom is -0.497 e. The van der Waals surface area contributed by atoms with Crippen molar-refractivity contribution in [2.75, 3.05) is 24.9 Å². The van der Waals surface area contributed by atoms with Gasteiger partial charge in [-0.25, -0.2) is 4.68 Å². The summed E-state index contributed by atoms with van der Waals surface area (Å²) in [4.78, 5) is 21.8. The summed E-state index contributed by atoms with van der Waals surface area (Å²) in [5.74, 6) is 1.41. The Morgan fingerprint density at radius 1 is 1.24 bits per heavy atom. The number of ether oxygens (including phenoxy) is 2. The molecular weight excluding hydrogens is 372 g/mol. The first-order valence-electron chi connectivity index (χ1n) is 8.93. The summed E-state index contributed by atoms with van der Waals surface area (Å²) in [7, 11) is 3.11. The first kappa shape index (κ1) is 18.5. The third-order valence-corrected chi connectivity index (χ3v) is 4.70. The summed E-state index contributed by atoms with van der Waals surface area (Å²) in [5, 5.41) is 10.4. The molecule has 3 aromatic rings. The van der Waals surface area contributed by atoms with Crippen LogP contribution in [0, 0.1) is 0 Å². The molecule has 0 unspecified atom stereocenters. The Bertz CT molecular complexity index is 1080. The predicted molar refractivity (Wildman–Crippen MR) is 107 cm³/mol. The van der Waals surface area contributed by atoms with Crippen LogP contribution in [0.3, 0.4) is 0 Å². The standard InChI is InChI=1S/C20H20N6O3/c1-12-17(19(27)25-15-7-6-14(28-2)9-16(15)29-3)18(13-5-4-8-21-10-13)26-20(24-12)22-11-23-26/h4-11,18H,1-3H3,(H,25,27)(H,22,23,24)/t18-/m0/s1. The molecule has 148 valence electrons. The summed E-state index contributed by atoms with van der Waals surface area (Å²) in [6, 6.07) is 8.47. The van der Waals surface area contributed by atoms with Gasteiger partial charge in [0.15, 0.2) is 0 Å². The number of nitrogens with zero attached hydrogens (tertiary/aromatic N) is 4. The summed E-state index contributed by atoms with van der Waals surface area (Å²) in [6.07, 6.45) is 4.85. The second-order valence-electron chi connectivity index (χ2n) is 6.40. The summed E-state index contributed by atoms with van der Waals surface area (Å²) < 4.78 is 12.3. The average Bonchev–Trinajstić information content (AvgIpc) is 3.21. The fourth-order valence-electron chi connectivity index (χ4n) is 3.32. The topological polar surface area (TPSA) is 103 Å². The first-order valence-corrected chi connectivity index (χ1v) is 8.93. The molecular formula is C20H20N6O3. The molecule has 2 aromatic heterocycles. The molecule has 2 N–H and O–H groups in total. The van der Waals surface area contributed by atoms with Crippen LogP contribution in [-0.4, -0.2) is 39.9 Å². The van der Waals surface area contributed by atoms with E-state index in [0.29, 0.717) is 34.4 Å². The van der Waals surface area contributed by atoms with Crippen LogP contribution in [-0.2, 0) is 4.79 Å². The number of hydrogen-bond donors (Lipinski definition) is 2. The molecule has 0 saturated carbocycles. The van der Waals surface area contributed by atoms with Crippen LogP contribution in [0.5, 0.6) is 11.5 Å². The maximum Gasteiger partial charge on any atom is 0.255 e. The zero-order valence-corrected chi connectivity index (χ0v) is 16.2. The molecule has 1 aliphatic heterocycles. The van der Waals surface area contributed by atoms with E-state index < -0.39 is 6.04 Å².